The third-order valence-corrected chi connectivity index (χ3v) is 2.70. The van der Waals surface area contributed by atoms with Crippen molar-refractivity contribution in [1.29, 1.82) is 0 Å². The molecule has 0 aliphatic rings. The van der Waals surface area contributed by atoms with Gasteiger partial charge in [-0.25, -0.2) is 4.79 Å². The van der Waals surface area contributed by atoms with Crippen LogP contribution in [0.4, 0.5) is 0 Å². The molecule has 0 saturated heterocycles. The van der Waals surface area contributed by atoms with Gasteiger partial charge < -0.3 is 9.47 Å². The maximum atomic E-state index is 11.6. The molecular weight excluding hydrogens is 260 g/mol. The molecule has 1 aromatic rings. The summed E-state index contributed by atoms with van der Waals surface area (Å²) >= 11 is 0. The van der Waals surface area contributed by atoms with Crippen LogP contribution in [0.5, 0.6) is 0 Å². The van der Waals surface area contributed by atoms with Crippen molar-refractivity contribution in [1.82, 2.24) is 0 Å². The number of rotatable bonds is 8. The molecule has 0 heterocycles. The summed E-state index contributed by atoms with van der Waals surface area (Å²) < 4.78 is 9.91. The van der Waals surface area contributed by atoms with Crippen LogP contribution in [0.15, 0.2) is 30.3 Å². The van der Waals surface area contributed by atoms with E-state index in [0.29, 0.717) is 0 Å². The first-order valence-electron chi connectivity index (χ1n) is 6.29. The average molecular weight is 278 g/mol. The van der Waals surface area contributed by atoms with Crippen LogP contribution in [0.3, 0.4) is 0 Å². The SMILES string of the molecule is CO[C@H](CC(C)=O)CC(=O)C(=O)OCc1ccccc1. The fraction of sp³-hybridized carbons (Fsp3) is 0.400. The fourth-order valence-corrected chi connectivity index (χ4v) is 1.65. The fourth-order valence-electron chi connectivity index (χ4n) is 1.65. The molecular formula is C15H18O5. The highest BCUT2D eigenvalue weighted by atomic mass is 16.5. The topological polar surface area (TPSA) is 69.7 Å². The Morgan fingerprint density at radius 3 is 2.30 bits per heavy atom. The number of Topliss-reactive ketones (excluding diaryl/α,β-unsaturated/α-hetero) is 2. The Hall–Kier alpha value is -2.01. The predicted octanol–water partition coefficient (Wildman–Crippen LogP) is 1.68. The summed E-state index contributed by atoms with van der Waals surface area (Å²) in [6.07, 6.45) is -0.623. The monoisotopic (exact) mass is 278 g/mol. The minimum atomic E-state index is -0.903. The van der Waals surface area contributed by atoms with Crippen LogP contribution in [0.1, 0.15) is 25.3 Å². The number of esters is 1. The quantitative estimate of drug-likeness (QED) is 0.534. The van der Waals surface area contributed by atoms with Crippen LogP contribution < -0.4 is 0 Å². The Kier molecular flexibility index (Phi) is 6.59. The van der Waals surface area contributed by atoms with E-state index >= 15 is 0 Å². The normalized spacial score (nSPS) is 11.7. The van der Waals surface area contributed by atoms with Gasteiger partial charge in [0.1, 0.15) is 12.4 Å². The zero-order valence-corrected chi connectivity index (χ0v) is 11.6. The summed E-state index contributed by atoms with van der Waals surface area (Å²) in [4.78, 5) is 34.2. The summed E-state index contributed by atoms with van der Waals surface area (Å²) in [7, 11) is 1.40. The van der Waals surface area contributed by atoms with Gasteiger partial charge in [-0.3, -0.25) is 9.59 Å². The van der Waals surface area contributed by atoms with Crippen molar-refractivity contribution < 1.29 is 23.9 Å². The number of ether oxygens (including phenoxy) is 2. The van der Waals surface area contributed by atoms with Crippen molar-refractivity contribution in [2.45, 2.75) is 32.5 Å². The van der Waals surface area contributed by atoms with Gasteiger partial charge in [0.15, 0.2) is 0 Å². The standard InChI is InChI=1S/C15H18O5/c1-11(16)8-13(19-2)9-14(17)15(18)20-10-12-6-4-3-5-7-12/h3-7,13H,8-10H2,1-2H3/t13-/m1/s1. The summed E-state index contributed by atoms with van der Waals surface area (Å²) in [5.41, 5.74) is 0.806. The van der Waals surface area contributed by atoms with Crippen LogP contribution in [0.2, 0.25) is 0 Å². The second-order valence-corrected chi connectivity index (χ2v) is 4.45. The highest BCUT2D eigenvalue weighted by Gasteiger charge is 2.22. The van der Waals surface area contributed by atoms with Crippen LogP contribution in [0.25, 0.3) is 0 Å². The molecule has 1 aromatic carbocycles. The molecule has 5 nitrogen and oxygen atoms in total. The van der Waals surface area contributed by atoms with E-state index in [2.05, 4.69) is 0 Å². The molecule has 1 atom stereocenters. The van der Waals surface area contributed by atoms with Gasteiger partial charge in [-0.1, -0.05) is 30.3 Å². The first-order chi connectivity index (χ1) is 9.52. The number of methoxy groups -OCH3 is 1. The van der Waals surface area contributed by atoms with Crippen molar-refractivity contribution >= 4 is 17.5 Å². The molecule has 5 heteroatoms. The molecule has 0 saturated carbocycles. The Bertz CT molecular complexity index is 466. The van der Waals surface area contributed by atoms with Gasteiger partial charge in [0.2, 0.25) is 5.78 Å². The van der Waals surface area contributed by atoms with Crippen LogP contribution in [0, 0.1) is 0 Å². The van der Waals surface area contributed by atoms with Crippen LogP contribution in [-0.4, -0.2) is 30.7 Å². The highest BCUT2D eigenvalue weighted by Crippen LogP contribution is 2.07. The maximum Gasteiger partial charge on any atom is 0.375 e. The largest absolute Gasteiger partial charge is 0.455 e. The van der Waals surface area contributed by atoms with Crippen LogP contribution in [-0.2, 0) is 30.5 Å². The molecule has 1 rings (SSSR count). The van der Waals surface area contributed by atoms with E-state index in [1.165, 1.54) is 14.0 Å². The molecule has 0 spiro atoms. The van der Waals surface area contributed by atoms with E-state index in [-0.39, 0.29) is 25.2 Å². The summed E-state index contributed by atoms with van der Waals surface area (Å²) in [5, 5.41) is 0. The average Bonchev–Trinajstić information content (AvgIpc) is 2.44. The molecule has 0 aliphatic carbocycles. The van der Waals surface area contributed by atoms with Crippen LogP contribution >= 0.6 is 0 Å². The van der Waals surface area contributed by atoms with Gasteiger partial charge in [-0.2, -0.15) is 0 Å². The van der Waals surface area contributed by atoms with E-state index in [1.54, 1.807) is 12.1 Å². The van der Waals surface area contributed by atoms with Gasteiger partial charge in [0.05, 0.1) is 6.10 Å². The second kappa shape index (κ2) is 8.22. The smallest absolute Gasteiger partial charge is 0.375 e. The van der Waals surface area contributed by atoms with Crippen molar-refractivity contribution in [3.8, 4) is 0 Å². The number of hydrogen-bond acceptors (Lipinski definition) is 5. The van der Waals surface area contributed by atoms with E-state index in [4.69, 9.17) is 9.47 Å². The highest BCUT2D eigenvalue weighted by molar-refractivity contribution is 6.33. The van der Waals surface area contributed by atoms with Gasteiger partial charge >= 0.3 is 5.97 Å². The number of carbonyl (C=O) groups excluding carboxylic acids is 3. The molecule has 0 amide bonds. The lowest BCUT2D eigenvalue weighted by Gasteiger charge is -2.12. The number of ketones is 2. The van der Waals surface area contributed by atoms with E-state index < -0.39 is 17.9 Å². The van der Waals surface area contributed by atoms with Gasteiger partial charge in [0.25, 0.3) is 0 Å². The molecule has 0 unspecified atom stereocenters. The van der Waals surface area contributed by atoms with Crippen molar-refractivity contribution in [3.63, 3.8) is 0 Å². The maximum absolute atomic E-state index is 11.6. The minimum absolute atomic E-state index is 0.0514. The van der Waals surface area contributed by atoms with Crippen molar-refractivity contribution in [2.24, 2.45) is 0 Å². The van der Waals surface area contributed by atoms with Crippen molar-refractivity contribution in [2.75, 3.05) is 7.11 Å². The Labute approximate surface area is 117 Å². The third kappa shape index (κ3) is 5.75. The number of carbonyl (C=O) groups is 3. The second-order valence-electron chi connectivity index (χ2n) is 4.45. The molecule has 0 aliphatic heterocycles. The van der Waals surface area contributed by atoms with E-state index in [1.807, 2.05) is 18.2 Å². The Morgan fingerprint density at radius 2 is 1.75 bits per heavy atom. The van der Waals surface area contributed by atoms with E-state index in [9.17, 15) is 14.4 Å². The Morgan fingerprint density at radius 1 is 1.10 bits per heavy atom. The van der Waals surface area contributed by atoms with Gasteiger partial charge in [0, 0.05) is 20.0 Å². The van der Waals surface area contributed by atoms with Gasteiger partial charge in [-0.05, 0) is 12.5 Å². The first kappa shape index (κ1) is 16.0. The summed E-state index contributed by atoms with van der Waals surface area (Å²) in [5.74, 6) is -1.68. The van der Waals surface area contributed by atoms with Crippen molar-refractivity contribution in [3.05, 3.63) is 35.9 Å². The summed E-state index contributed by atoms with van der Waals surface area (Å²) in [6.45, 7) is 1.46. The number of benzene rings is 1. The number of hydrogen-bond donors (Lipinski definition) is 0. The zero-order valence-electron chi connectivity index (χ0n) is 11.6. The summed E-state index contributed by atoms with van der Waals surface area (Å²) in [6, 6.07) is 9.08. The molecule has 0 fully saturated rings. The van der Waals surface area contributed by atoms with E-state index in [0.717, 1.165) is 5.56 Å². The zero-order chi connectivity index (χ0) is 15.0. The lowest BCUT2D eigenvalue weighted by atomic mass is 10.1. The lowest BCUT2D eigenvalue weighted by Crippen LogP contribution is -2.25. The molecule has 20 heavy (non-hydrogen) atoms. The third-order valence-electron chi connectivity index (χ3n) is 2.70. The molecule has 108 valence electrons. The Balaban J connectivity index is 2.42. The molecule has 0 radical (unpaired) electrons. The first-order valence-corrected chi connectivity index (χ1v) is 6.29. The molecule has 0 aromatic heterocycles. The minimum Gasteiger partial charge on any atom is -0.455 e. The molecule has 0 bridgehead atoms. The molecule has 0 N–H and O–H groups in total. The lowest BCUT2D eigenvalue weighted by molar-refractivity contribution is -0.156. The predicted molar refractivity (Wildman–Crippen MR) is 72.0 cm³/mol. The van der Waals surface area contributed by atoms with Gasteiger partial charge in [-0.15, -0.1) is 0 Å².